The first-order valence-corrected chi connectivity index (χ1v) is 7.46. The van der Waals surface area contributed by atoms with E-state index in [1.54, 1.807) is 32.4 Å². The Morgan fingerprint density at radius 2 is 1.76 bits per heavy atom. The van der Waals surface area contributed by atoms with E-state index in [9.17, 15) is 4.79 Å². The molecule has 1 aromatic carbocycles. The maximum absolute atomic E-state index is 12.1. The van der Waals surface area contributed by atoms with Crippen molar-refractivity contribution in [3.63, 3.8) is 0 Å². The molecule has 1 aliphatic rings. The standard InChI is InChI=1S/C16H24N2O3/c1-20-14-10-13(11-15(12-14)21-2)16(19)17-6-5-9-18-7-3-4-8-18/h10-12H,3-9H2,1-2H3,(H,17,19). The number of benzene rings is 1. The molecule has 1 heterocycles. The first kappa shape index (κ1) is 15.6. The van der Waals surface area contributed by atoms with Gasteiger partial charge in [-0.05, 0) is 51.0 Å². The minimum Gasteiger partial charge on any atom is -0.497 e. The molecular formula is C16H24N2O3. The highest BCUT2D eigenvalue weighted by molar-refractivity contribution is 5.95. The lowest BCUT2D eigenvalue weighted by molar-refractivity contribution is 0.0951. The van der Waals surface area contributed by atoms with Gasteiger partial charge in [0, 0.05) is 18.2 Å². The number of ether oxygens (including phenoxy) is 2. The number of rotatable bonds is 7. The summed E-state index contributed by atoms with van der Waals surface area (Å²) in [4.78, 5) is 14.6. The molecule has 0 unspecified atom stereocenters. The summed E-state index contributed by atoms with van der Waals surface area (Å²) in [6, 6.07) is 5.20. The number of nitrogens with one attached hydrogen (secondary N) is 1. The molecule has 2 rings (SSSR count). The van der Waals surface area contributed by atoms with Crippen LogP contribution in [0, 0.1) is 0 Å². The predicted octanol–water partition coefficient (Wildman–Crippen LogP) is 1.92. The largest absolute Gasteiger partial charge is 0.497 e. The van der Waals surface area contributed by atoms with E-state index in [2.05, 4.69) is 10.2 Å². The Labute approximate surface area is 126 Å². The van der Waals surface area contributed by atoms with Crippen LogP contribution in [0.15, 0.2) is 18.2 Å². The van der Waals surface area contributed by atoms with Crippen LogP contribution in [0.5, 0.6) is 11.5 Å². The van der Waals surface area contributed by atoms with Crippen molar-refractivity contribution in [2.24, 2.45) is 0 Å². The summed E-state index contributed by atoms with van der Waals surface area (Å²) in [5.74, 6) is 1.15. The van der Waals surface area contributed by atoms with Gasteiger partial charge in [0.25, 0.3) is 5.91 Å². The number of likely N-dealkylation sites (tertiary alicyclic amines) is 1. The van der Waals surface area contributed by atoms with Gasteiger partial charge in [-0.15, -0.1) is 0 Å². The lowest BCUT2D eigenvalue weighted by Crippen LogP contribution is -2.28. The van der Waals surface area contributed by atoms with Gasteiger partial charge in [0.1, 0.15) is 11.5 Å². The predicted molar refractivity (Wildman–Crippen MR) is 82.2 cm³/mol. The van der Waals surface area contributed by atoms with Gasteiger partial charge in [0.2, 0.25) is 0 Å². The first-order chi connectivity index (χ1) is 10.2. The molecule has 0 radical (unpaired) electrons. The van der Waals surface area contributed by atoms with Crippen LogP contribution in [-0.2, 0) is 0 Å². The lowest BCUT2D eigenvalue weighted by Gasteiger charge is -2.14. The van der Waals surface area contributed by atoms with Gasteiger partial charge in [0.05, 0.1) is 14.2 Å². The number of carbonyl (C=O) groups is 1. The maximum atomic E-state index is 12.1. The number of amides is 1. The van der Waals surface area contributed by atoms with Crippen molar-refractivity contribution in [1.29, 1.82) is 0 Å². The Kier molecular flexibility index (Phi) is 5.87. The Morgan fingerprint density at radius 1 is 1.14 bits per heavy atom. The lowest BCUT2D eigenvalue weighted by atomic mass is 10.2. The van der Waals surface area contributed by atoms with Crippen molar-refractivity contribution in [3.05, 3.63) is 23.8 Å². The summed E-state index contributed by atoms with van der Waals surface area (Å²) in [6.07, 6.45) is 3.58. The van der Waals surface area contributed by atoms with E-state index in [0.29, 0.717) is 23.6 Å². The summed E-state index contributed by atoms with van der Waals surface area (Å²) >= 11 is 0. The first-order valence-electron chi connectivity index (χ1n) is 7.46. The van der Waals surface area contributed by atoms with Gasteiger partial charge in [-0.3, -0.25) is 4.79 Å². The molecule has 116 valence electrons. The monoisotopic (exact) mass is 292 g/mol. The van der Waals surface area contributed by atoms with E-state index < -0.39 is 0 Å². The number of carbonyl (C=O) groups excluding carboxylic acids is 1. The second kappa shape index (κ2) is 7.88. The zero-order valence-corrected chi connectivity index (χ0v) is 12.9. The summed E-state index contributed by atoms with van der Waals surface area (Å²) in [7, 11) is 3.15. The Morgan fingerprint density at radius 3 is 2.33 bits per heavy atom. The van der Waals surface area contributed by atoms with Gasteiger partial charge in [-0.25, -0.2) is 0 Å². The molecular weight excluding hydrogens is 268 g/mol. The van der Waals surface area contributed by atoms with Crippen LogP contribution in [0.2, 0.25) is 0 Å². The van der Waals surface area contributed by atoms with Gasteiger partial charge in [-0.2, -0.15) is 0 Å². The minimum atomic E-state index is -0.0892. The highest BCUT2D eigenvalue weighted by atomic mass is 16.5. The van der Waals surface area contributed by atoms with Crippen LogP contribution in [0.3, 0.4) is 0 Å². The zero-order chi connectivity index (χ0) is 15.1. The van der Waals surface area contributed by atoms with Gasteiger partial charge in [-0.1, -0.05) is 0 Å². The highest BCUT2D eigenvalue weighted by Crippen LogP contribution is 2.22. The second-order valence-corrected chi connectivity index (χ2v) is 5.26. The van der Waals surface area contributed by atoms with Crippen molar-refractivity contribution in [1.82, 2.24) is 10.2 Å². The molecule has 0 atom stereocenters. The molecule has 1 fully saturated rings. The Bertz CT molecular complexity index is 448. The number of methoxy groups -OCH3 is 2. The molecule has 0 saturated carbocycles. The Hall–Kier alpha value is -1.75. The van der Waals surface area contributed by atoms with Crippen molar-refractivity contribution >= 4 is 5.91 Å². The Balaban J connectivity index is 1.81. The number of hydrogen-bond acceptors (Lipinski definition) is 4. The van der Waals surface area contributed by atoms with E-state index in [-0.39, 0.29) is 5.91 Å². The molecule has 1 amide bonds. The van der Waals surface area contributed by atoms with Crippen LogP contribution < -0.4 is 14.8 Å². The summed E-state index contributed by atoms with van der Waals surface area (Å²) in [5, 5.41) is 2.95. The van der Waals surface area contributed by atoms with Gasteiger partial charge < -0.3 is 19.7 Å². The van der Waals surface area contributed by atoms with E-state index in [4.69, 9.17) is 9.47 Å². The molecule has 1 aliphatic heterocycles. The topological polar surface area (TPSA) is 50.8 Å². The summed E-state index contributed by atoms with van der Waals surface area (Å²) < 4.78 is 10.3. The quantitative estimate of drug-likeness (QED) is 0.780. The van der Waals surface area contributed by atoms with E-state index in [0.717, 1.165) is 13.0 Å². The maximum Gasteiger partial charge on any atom is 0.251 e. The third-order valence-electron chi connectivity index (χ3n) is 3.75. The molecule has 5 heteroatoms. The van der Waals surface area contributed by atoms with E-state index >= 15 is 0 Å². The molecule has 0 bridgehead atoms. The van der Waals surface area contributed by atoms with Crippen LogP contribution in [0.1, 0.15) is 29.6 Å². The molecule has 0 spiro atoms. The van der Waals surface area contributed by atoms with Crippen molar-refractivity contribution in [3.8, 4) is 11.5 Å². The third kappa shape index (κ3) is 4.63. The third-order valence-corrected chi connectivity index (χ3v) is 3.75. The van der Waals surface area contributed by atoms with Crippen LogP contribution in [0.4, 0.5) is 0 Å². The van der Waals surface area contributed by atoms with Crippen molar-refractivity contribution in [2.75, 3.05) is 40.4 Å². The summed E-state index contributed by atoms with van der Waals surface area (Å²) in [5.41, 5.74) is 0.562. The smallest absolute Gasteiger partial charge is 0.251 e. The second-order valence-electron chi connectivity index (χ2n) is 5.26. The highest BCUT2D eigenvalue weighted by Gasteiger charge is 2.12. The average Bonchev–Trinajstić information content (AvgIpc) is 3.04. The molecule has 0 aromatic heterocycles. The number of hydrogen-bond donors (Lipinski definition) is 1. The fourth-order valence-electron chi connectivity index (χ4n) is 2.55. The van der Waals surface area contributed by atoms with E-state index in [1.807, 2.05) is 0 Å². The molecule has 21 heavy (non-hydrogen) atoms. The van der Waals surface area contributed by atoms with E-state index in [1.165, 1.54) is 25.9 Å². The minimum absolute atomic E-state index is 0.0892. The van der Waals surface area contributed by atoms with Crippen molar-refractivity contribution < 1.29 is 14.3 Å². The molecule has 1 aromatic rings. The fraction of sp³-hybridized carbons (Fsp3) is 0.562. The van der Waals surface area contributed by atoms with Gasteiger partial charge in [0.15, 0.2) is 0 Å². The molecule has 0 aliphatic carbocycles. The zero-order valence-electron chi connectivity index (χ0n) is 12.9. The van der Waals surface area contributed by atoms with Crippen LogP contribution in [0.25, 0.3) is 0 Å². The molecule has 5 nitrogen and oxygen atoms in total. The normalized spacial score (nSPS) is 15.0. The van der Waals surface area contributed by atoms with Gasteiger partial charge >= 0.3 is 0 Å². The van der Waals surface area contributed by atoms with Crippen molar-refractivity contribution in [2.45, 2.75) is 19.3 Å². The average molecular weight is 292 g/mol. The van der Waals surface area contributed by atoms with Crippen LogP contribution >= 0.6 is 0 Å². The fourth-order valence-corrected chi connectivity index (χ4v) is 2.55. The van der Waals surface area contributed by atoms with Crippen LogP contribution in [-0.4, -0.2) is 51.2 Å². The molecule has 1 saturated heterocycles. The SMILES string of the molecule is COc1cc(OC)cc(C(=O)NCCCN2CCCC2)c1. The molecule has 1 N–H and O–H groups in total. The summed E-state index contributed by atoms with van der Waals surface area (Å²) in [6.45, 7) is 4.14. The number of nitrogens with zero attached hydrogens (tertiary/aromatic N) is 1.